The van der Waals surface area contributed by atoms with Crippen molar-refractivity contribution in [3.8, 4) is 22.8 Å². The van der Waals surface area contributed by atoms with Crippen LogP contribution in [0.25, 0.3) is 11.3 Å². The molecule has 0 atom stereocenters. The maximum absolute atomic E-state index is 12.7. The van der Waals surface area contributed by atoms with E-state index in [-0.39, 0.29) is 16.5 Å². The molecular formula is C17H17N3O4S. The lowest BCUT2D eigenvalue weighted by Gasteiger charge is -2.11. The van der Waals surface area contributed by atoms with Gasteiger partial charge in [-0.25, -0.2) is 8.42 Å². The molecule has 0 spiro atoms. The van der Waals surface area contributed by atoms with E-state index in [0.717, 1.165) is 5.56 Å². The average Bonchev–Trinajstić information content (AvgIpc) is 3.09. The van der Waals surface area contributed by atoms with Crippen LogP contribution in [-0.4, -0.2) is 32.8 Å². The summed E-state index contributed by atoms with van der Waals surface area (Å²) in [6.07, 6.45) is 0. The van der Waals surface area contributed by atoms with Crippen molar-refractivity contribution >= 4 is 15.8 Å². The number of rotatable bonds is 6. The fourth-order valence-corrected chi connectivity index (χ4v) is 3.50. The van der Waals surface area contributed by atoms with Crippen molar-refractivity contribution in [1.29, 1.82) is 0 Å². The van der Waals surface area contributed by atoms with Gasteiger partial charge in [0.1, 0.15) is 16.4 Å². The molecule has 0 aliphatic rings. The SMILES string of the molecule is COc1ccc(OC)c(S(=O)(=O)Nc2cc(-c3ccccc3)[nH]n2)c1. The van der Waals surface area contributed by atoms with Crippen LogP contribution in [0.2, 0.25) is 0 Å². The summed E-state index contributed by atoms with van der Waals surface area (Å²) in [6.45, 7) is 0. The molecule has 0 bridgehead atoms. The summed E-state index contributed by atoms with van der Waals surface area (Å²) in [5, 5.41) is 6.83. The van der Waals surface area contributed by atoms with Gasteiger partial charge in [0.05, 0.1) is 19.9 Å². The zero-order chi connectivity index (χ0) is 17.9. The van der Waals surface area contributed by atoms with Crippen molar-refractivity contribution in [3.05, 3.63) is 54.6 Å². The normalized spacial score (nSPS) is 11.1. The smallest absolute Gasteiger partial charge is 0.266 e. The Balaban J connectivity index is 1.91. The lowest BCUT2D eigenvalue weighted by Crippen LogP contribution is -2.14. The number of H-pyrrole nitrogens is 1. The van der Waals surface area contributed by atoms with E-state index in [9.17, 15) is 8.42 Å². The fourth-order valence-electron chi connectivity index (χ4n) is 2.33. The predicted molar refractivity (Wildman–Crippen MR) is 94.4 cm³/mol. The summed E-state index contributed by atoms with van der Waals surface area (Å²) >= 11 is 0. The van der Waals surface area contributed by atoms with Gasteiger partial charge < -0.3 is 9.47 Å². The first-order valence-electron chi connectivity index (χ1n) is 7.39. The van der Waals surface area contributed by atoms with Crippen molar-refractivity contribution in [3.63, 3.8) is 0 Å². The number of hydrogen-bond donors (Lipinski definition) is 2. The van der Waals surface area contributed by atoms with E-state index < -0.39 is 10.0 Å². The molecule has 0 fully saturated rings. The van der Waals surface area contributed by atoms with Crippen LogP contribution in [-0.2, 0) is 10.0 Å². The number of methoxy groups -OCH3 is 2. The Labute approximate surface area is 145 Å². The van der Waals surface area contributed by atoms with Gasteiger partial charge >= 0.3 is 0 Å². The first kappa shape index (κ1) is 16.8. The molecule has 25 heavy (non-hydrogen) atoms. The molecule has 0 saturated heterocycles. The summed E-state index contributed by atoms with van der Waals surface area (Å²) < 4.78 is 38.1. The number of nitrogens with zero attached hydrogens (tertiary/aromatic N) is 1. The first-order valence-corrected chi connectivity index (χ1v) is 8.87. The maximum atomic E-state index is 12.7. The monoisotopic (exact) mass is 359 g/mol. The molecule has 130 valence electrons. The number of sulfonamides is 1. The van der Waals surface area contributed by atoms with Gasteiger partial charge in [0, 0.05) is 12.1 Å². The van der Waals surface area contributed by atoms with E-state index in [1.165, 1.54) is 26.4 Å². The van der Waals surface area contributed by atoms with Crippen LogP contribution >= 0.6 is 0 Å². The van der Waals surface area contributed by atoms with Gasteiger partial charge in [-0.3, -0.25) is 9.82 Å². The van der Waals surface area contributed by atoms with Gasteiger partial charge in [-0.05, 0) is 17.7 Å². The minimum atomic E-state index is -3.90. The van der Waals surface area contributed by atoms with Crippen LogP contribution in [0.4, 0.5) is 5.82 Å². The van der Waals surface area contributed by atoms with Crippen LogP contribution in [0, 0.1) is 0 Å². The number of benzene rings is 2. The quantitative estimate of drug-likeness (QED) is 0.706. The van der Waals surface area contributed by atoms with Gasteiger partial charge in [0.25, 0.3) is 10.0 Å². The van der Waals surface area contributed by atoms with Gasteiger partial charge in [0.15, 0.2) is 5.82 Å². The highest BCUT2D eigenvalue weighted by Gasteiger charge is 2.22. The third-order valence-corrected chi connectivity index (χ3v) is 4.94. The van der Waals surface area contributed by atoms with Crippen LogP contribution < -0.4 is 14.2 Å². The minimum Gasteiger partial charge on any atom is -0.497 e. The molecule has 0 unspecified atom stereocenters. The number of ether oxygens (including phenoxy) is 2. The molecule has 0 aliphatic heterocycles. The molecule has 3 rings (SSSR count). The van der Waals surface area contributed by atoms with E-state index in [4.69, 9.17) is 9.47 Å². The van der Waals surface area contributed by atoms with Gasteiger partial charge in [-0.2, -0.15) is 5.10 Å². The third kappa shape index (κ3) is 3.58. The molecule has 8 heteroatoms. The van der Waals surface area contributed by atoms with Gasteiger partial charge in [-0.15, -0.1) is 0 Å². The number of anilines is 1. The molecule has 0 amide bonds. The Kier molecular flexibility index (Phi) is 4.62. The lowest BCUT2D eigenvalue weighted by molar-refractivity contribution is 0.392. The van der Waals surface area contributed by atoms with Crippen LogP contribution in [0.5, 0.6) is 11.5 Å². The Hall–Kier alpha value is -3.00. The maximum Gasteiger partial charge on any atom is 0.266 e. The number of aromatic amines is 1. The molecule has 1 heterocycles. The standard InChI is InChI=1S/C17H17N3O4S/c1-23-13-8-9-15(24-2)16(10-13)25(21,22)20-17-11-14(18-19-17)12-6-4-3-5-7-12/h3-11H,1-2H3,(H2,18,19,20). The third-order valence-electron chi connectivity index (χ3n) is 3.56. The van der Waals surface area contributed by atoms with Crippen molar-refractivity contribution < 1.29 is 17.9 Å². The molecule has 2 aromatic carbocycles. The average molecular weight is 359 g/mol. The Morgan fingerprint density at radius 3 is 2.44 bits per heavy atom. The topological polar surface area (TPSA) is 93.3 Å². The van der Waals surface area contributed by atoms with Crippen molar-refractivity contribution in [2.24, 2.45) is 0 Å². The summed E-state index contributed by atoms with van der Waals surface area (Å²) in [4.78, 5) is -0.0291. The molecule has 2 N–H and O–H groups in total. The second kappa shape index (κ2) is 6.86. The Morgan fingerprint density at radius 2 is 1.76 bits per heavy atom. The number of hydrogen-bond acceptors (Lipinski definition) is 5. The van der Waals surface area contributed by atoms with Crippen LogP contribution in [0.3, 0.4) is 0 Å². The summed E-state index contributed by atoms with van der Waals surface area (Å²) in [5.41, 5.74) is 1.61. The highest BCUT2D eigenvalue weighted by Crippen LogP contribution is 2.30. The number of aromatic nitrogens is 2. The molecule has 0 saturated carbocycles. The molecule has 7 nitrogen and oxygen atoms in total. The summed E-state index contributed by atoms with van der Waals surface area (Å²) in [6, 6.07) is 15.7. The predicted octanol–water partition coefficient (Wildman–Crippen LogP) is 2.89. The zero-order valence-corrected chi connectivity index (χ0v) is 14.5. The molecular weight excluding hydrogens is 342 g/mol. The van der Waals surface area contributed by atoms with Gasteiger partial charge in [0.2, 0.25) is 0 Å². The second-order valence-corrected chi connectivity index (χ2v) is 6.81. The largest absolute Gasteiger partial charge is 0.497 e. The summed E-state index contributed by atoms with van der Waals surface area (Å²) in [7, 11) is -1.03. The first-order chi connectivity index (χ1) is 12.0. The molecule has 0 aliphatic carbocycles. The van der Waals surface area contributed by atoms with Gasteiger partial charge in [-0.1, -0.05) is 30.3 Å². The highest BCUT2D eigenvalue weighted by atomic mass is 32.2. The second-order valence-electron chi connectivity index (χ2n) is 5.16. The van der Waals surface area contributed by atoms with E-state index in [1.807, 2.05) is 30.3 Å². The Bertz CT molecular complexity index is 969. The molecule has 3 aromatic rings. The van der Waals surface area contributed by atoms with E-state index in [0.29, 0.717) is 11.4 Å². The number of nitrogens with one attached hydrogen (secondary N) is 2. The zero-order valence-electron chi connectivity index (χ0n) is 13.7. The van der Waals surface area contributed by atoms with E-state index >= 15 is 0 Å². The van der Waals surface area contributed by atoms with Crippen LogP contribution in [0.15, 0.2) is 59.5 Å². The van der Waals surface area contributed by atoms with Crippen LogP contribution in [0.1, 0.15) is 0 Å². The molecule has 0 radical (unpaired) electrons. The minimum absolute atomic E-state index is 0.0291. The van der Waals surface area contributed by atoms with E-state index in [2.05, 4.69) is 14.9 Å². The highest BCUT2D eigenvalue weighted by molar-refractivity contribution is 7.92. The van der Waals surface area contributed by atoms with Crippen molar-refractivity contribution in [2.75, 3.05) is 18.9 Å². The fraction of sp³-hybridized carbons (Fsp3) is 0.118. The molecule has 1 aromatic heterocycles. The van der Waals surface area contributed by atoms with E-state index in [1.54, 1.807) is 12.1 Å². The van der Waals surface area contributed by atoms with Crippen molar-refractivity contribution in [1.82, 2.24) is 10.2 Å². The van der Waals surface area contributed by atoms with Crippen molar-refractivity contribution in [2.45, 2.75) is 4.90 Å². The Morgan fingerprint density at radius 1 is 1.00 bits per heavy atom. The lowest BCUT2D eigenvalue weighted by atomic mass is 10.2. The summed E-state index contributed by atoms with van der Waals surface area (Å²) in [5.74, 6) is 0.809.